The van der Waals surface area contributed by atoms with Gasteiger partial charge in [0, 0.05) is 28.4 Å². The summed E-state index contributed by atoms with van der Waals surface area (Å²) in [5.74, 6) is -0.656. The number of rotatable bonds is 2. The van der Waals surface area contributed by atoms with Crippen LogP contribution in [0.25, 0.3) is 11.1 Å². The number of nitrogens with zero attached hydrogens (tertiary/aromatic N) is 2. The average Bonchev–Trinajstić information content (AvgIpc) is 2.38. The summed E-state index contributed by atoms with van der Waals surface area (Å²) in [6.45, 7) is -2.34. The zero-order valence-electron chi connectivity index (χ0n) is 11.3. The zero-order chi connectivity index (χ0) is 14.0. The van der Waals surface area contributed by atoms with Crippen LogP contribution in [0.3, 0.4) is 0 Å². The van der Waals surface area contributed by atoms with Crippen molar-refractivity contribution in [2.45, 2.75) is 6.85 Å². The van der Waals surface area contributed by atoms with E-state index >= 15 is 0 Å². The second kappa shape index (κ2) is 4.10. The molecule has 0 spiro atoms. The number of hydrogen-bond acceptors (Lipinski definition) is 3. The summed E-state index contributed by atoms with van der Waals surface area (Å²) >= 11 is 0. The smallest absolute Gasteiger partial charge is 0.250 e. The van der Waals surface area contributed by atoms with E-state index in [1.165, 1.54) is 12.3 Å². The average molecular weight is 216 g/mol. The Morgan fingerprint density at radius 1 is 1.44 bits per heavy atom. The van der Waals surface area contributed by atoms with Crippen molar-refractivity contribution in [3.05, 3.63) is 48.0 Å². The summed E-state index contributed by atoms with van der Waals surface area (Å²) in [5, 5.41) is 0. The van der Waals surface area contributed by atoms with Crippen LogP contribution in [0.15, 0.2) is 36.8 Å². The van der Waals surface area contributed by atoms with Crippen molar-refractivity contribution in [3.8, 4) is 11.1 Å². The lowest BCUT2D eigenvalue weighted by atomic mass is 10.0. The van der Waals surface area contributed by atoms with Gasteiger partial charge in [0.25, 0.3) is 5.91 Å². The predicted molar refractivity (Wildman–Crippen MR) is 60.7 cm³/mol. The van der Waals surface area contributed by atoms with Crippen LogP contribution in [0.5, 0.6) is 0 Å². The molecular formula is C12H11N3O. The van der Waals surface area contributed by atoms with Crippen LogP contribution in [0.2, 0.25) is 0 Å². The first kappa shape index (κ1) is 7.11. The van der Waals surface area contributed by atoms with Gasteiger partial charge < -0.3 is 5.73 Å². The van der Waals surface area contributed by atoms with Gasteiger partial charge in [0.2, 0.25) is 0 Å². The zero-order valence-corrected chi connectivity index (χ0v) is 8.34. The molecule has 4 nitrogen and oxygen atoms in total. The Morgan fingerprint density at radius 2 is 2.19 bits per heavy atom. The molecule has 0 unspecified atom stereocenters. The molecular weight excluding hydrogens is 202 g/mol. The van der Waals surface area contributed by atoms with Crippen LogP contribution in [-0.2, 0) is 0 Å². The summed E-state index contributed by atoms with van der Waals surface area (Å²) in [5.41, 5.74) is 6.48. The number of aromatic nitrogens is 2. The fourth-order valence-electron chi connectivity index (χ4n) is 1.42. The number of nitrogens with two attached hydrogens (primary N) is 1. The van der Waals surface area contributed by atoms with Crippen LogP contribution in [0.4, 0.5) is 0 Å². The highest BCUT2D eigenvalue weighted by atomic mass is 16.1. The molecule has 0 fully saturated rings. The van der Waals surface area contributed by atoms with Crippen molar-refractivity contribution in [2.75, 3.05) is 0 Å². The van der Waals surface area contributed by atoms with E-state index in [0.29, 0.717) is 11.1 Å². The number of aryl methyl sites for hydroxylation is 1. The minimum Gasteiger partial charge on any atom is -0.366 e. The third-order valence-corrected chi connectivity index (χ3v) is 2.16. The monoisotopic (exact) mass is 216 g/mol. The molecule has 0 atom stereocenters. The molecule has 2 heterocycles. The van der Waals surface area contributed by atoms with Gasteiger partial charge >= 0.3 is 0 Å². The first-order valence-corrected chi connectivity index (χ1v) is 4.60. The maximum atomic E-state index is 11.4. The van der Waals surface area contributed by atoms with Gasteiger partial charge in [-0.1, -0.05) is 0 Å². The number of carbonyl (C=O) groups excluding carboxylic acids is 1. The van der Waals surface area contributed by atoms with Gasteiger partial charge in [0.05, 0.1) is 5.56 Å². The maximum absolute atomic E-state index is 11.4. The molecule has 2 rings (SSSR count). The molecule has 4 heteroatoms. The number of pyridine rings is 2. The minimum absolute atomic E-state index is 0.0793. The quantitative estimate of drug-likeness (QED) is 0.828. The molecule has 0 aromatic carbocycles. The fraction of sp³-hybridized carbons (Fsp3) is 0.0833. The molecule has 0 saturated heterocycles. The number of carbonyl (C=O) groups is 1. The second-order valence-electron chi connectivity index (χ2n) is 3.22. The van der Waals surface area contributed by atoms with Crippen LogP contribution in [0, 0.1) is 6.85 Å². The van der Waals surface area contributed by atoms with E-state index < -0.39 is 12.8 Å². The first-order chi connectivity index (χ1) is 8.89. The molecule has 0 aliphatic carbocycles. The highest BCUT2D eigenvalue weighted by molar-refractivity contribution is 5.99. The second-order valence-corrected chi connectivity index (χ2v) is 3.22. The van der Waals surface area contributed by atoms with Crippen molar-refractivity contribution in [1.29, 1.82) is 0 Å². The van der Waals surface area contributed by atoms with E-state index in [0.717, 1.165) is 0 Å². The van der Waals surface area contributed by atoms with Gasteiger partial charge in [0.1, 0.15) is 0 Å². The van der Waals surface area contributed by atoms with Crippen LogP contribution in [0.1, 0.15) is 20.2 Å². The van der Waals surface area contributed by atoms with E-state index in [1.807, 2.05) is 0 Å². The highest BCUT2D eigenvalue weighted by Crippen LogP contribution is 2.22. The van der Waals surface area contributed by atoms with Gasteiger partial charge in [-0.2, -0.15) is 0 Å². The highest BCUT2D eigenvalue weighted by Gasteiger charge is 2.10. The molecule has 0 saturated carbocycles. The minimum atomic E-state index is -2.34. The standard InChI is InChI=1S/C12H11N3O/c1-8-6-10(9-2-4-14-5-3-9)11(7-15-8)12(13)16/h2-7H,1H3,(H2,13,16)/i1D3. The van der Waals surface area contributed by atoms with E-state index in [4.69, 9.17) is 9.85 Å². The normalized spacial score (nSPS) is 13.6. The van der Waals surface area contributed by atoms with E-state index in [9.17, 15) is 4.79 Å². The lowest BCUT2D eigenvalue weighted by molar-refractivity contribution is 0.100. The Kier molecular flexibility index (Phi) is 1.82. The van der Waals surface area contributed by atoms with Crippen molar-refractivity contribution >= 4 is 5.91 Å². The van der Waals surface area contributed by atoms with Crippen LogP contribution >= 0.6 is 0 Å². The summed E-state index contributed by atoms with van der Waals surface area (Å²) in [6.07, 6.45) is 4.30. The van der Waals surface area contributed by atoms with Gasteiger partial charge in [0.15, 0.2) is 0 Å². The molecule has 1 amide bonds. The van der Waals surface area contributed by atoms with Crippen molar-refractivity contribution in [3.63, 3.8) is 0 Å². The summed E-state index contributed by atoms with van der Waals surface area (Å²) < 4.78 is 22.1. The lowest BCUT2D eigenvalue weighted by Gasteiger charge is -2.06. The van der Waals surface area contributed by atoms with Crippen LogP contribution in [-0.4, -0.2) is 15.9 Å². The molecule has 2 aromatic heterocycles. The SMILES string of the molecule is [2H]C([2H])([2H])c1cc(-c2ccncc2)c(C(N)=O)cn1. The van der Waals surface area contributed by atoms with Gasteiger partial charge in [-0.3, -0.25) is 14.8 Å². The molecule has 80 valence electrons. The number of primary amides is 1. The summed E-state index contributed by atoms with van der Waals surface area (Å²) in [4.78, 5) is 19.0. The summed E-state index contributed by atoms with van der Waals surface area (Å²) in [7, 11) is 0. The molecule has 0 aliphatic heterocycles. The third-order valence-electron chi connectivity index (χ3n) is 2.16. The van der Waals surface area contributed by atoms with Crippen molar-refractivity contribution in [2.24, 2.45) is 5.73 Å². The molecule has 16 heavy (non-hydrogen) atoms. The van der Waals surface area contributed by atoms with Gasteiger partial charge in [-0.25, -0.2) is 0 Å². The predicted octanol–water partition coefficient (Wildman–Crippen LogP) is 1.55. The third kappa shape index (κ3) is 1.91. The first-order valence-electron chi connectivity index (χ1n) is 6.10. The van der Waals surface area contributed by atoms with Gasteiger partial charge in [-0.05, 0) is 36.2 Å². The van der Waals surface area contributed by atoms with Crippen molar-refractivity contribution in [1.82, 2.24) is 9.97 Å². The molecule has 0 aliphatic rings. The summed E-state index contributed by atoms with van der Waals surface area (Å²) in [6, 6.07) is 4.71. The Morgan fingerprint density at radius 3 is 2.81 bits per heavy atom. The van der Waals surface area contributed by atoms with E-state index in [-0.39, 0.29) is 11.3 Å². The Balaban J connectivity index is 2.65. The van der Waals surface area contributed by atoms with Crippen molar-refractivity contribution < 1.29 is 8.91 Å². The van der Waals surface area contributed by atoms with Gasteiger partial charge in [-0.15, -0.1) is 0 Å². The molecule has 2 N–H and O–H groups in total. The fourth-order valence-corrected chi connectivity index (χ4v) is 1.42. The molecule has 0 bridgehead atoms. The van der Waals surface area contributed by atoms with Crippen LogP contribution < -0.4 is 5.73 Å². The Labute approximate surface area is 97.4 Å². The number of amides is 1. The largest absolute Gasteiger partial charge is 0.366 e. The lowest BCUT2D eigenvalue weighted by Crippen LogP contribution is -2.13. The molecule has 2 aromatic rings. The van der Waals surface area contributed by atoms with E-state index in [2.05, 4.69) is 9.97 Å². The molecule has 0 radical (unpaired) electrons. The Bertz CT molecular complexity index is 611. The topological polar surface area (TPSA) is 68.9 Å². The number of hydrogen-bond donors (Lipinski definition) is 1. The Hall–Kier alpha value is -2.23. The maximum Gasteiger partial charge on any atom is 0.250 e. The van der Waals surface area contributed by atoms with E-state index in [1.54, 1.807) is 24.5 Å².